The average Bonchev–Trinajstić information content (AvgIpc) is 3.17. The number of hydrogen-bond donors (Lipinski definition) is 2. The van der Waals surface area contributed by atoms with E-state index in [1.807, 2.05) is 6.07 Å². The van der Waals surface area contributed by atoms with Crippen molar-refractivity contribution in [1.29, 1.82) is 5.26 Å². The van der Waals surface area contributed by atoms with Gasteiger partial charge in [-0.2, -0.15) is 28.6 Å². The van der Waals surface area contributed by atoms with Gasteiger partial charge in [-0.15, -0.1) is 5.10 Å². The van der Waals surface area contributed by atoms with Crippen LogP contribution in [0, 0.1) is 25.2 Å². The molecule has 3 heterocycles. The molecule has 0 radical (unpaired) electrons. The number of halogens is 3. The van der Waals surface area contributed by atoms with Gasteiger partial charge >= 0.3 is 12.2 Å². The molecule has 10 nitrogen and oxygen atoms in total. The van der Waals surface area contributed by atoms with Crippen molar-refractivity contribution in [3.05, 3.63) is 46.5 Å². The van der Waals surface area contributed by atoms with Crippen LogP contribution in [-0.4, -0.2) is 37.6 Å². The van der Waals surface area contributed by atoms with Crippen LogP contribution in [0.1, 0.15) is 35.1 Å². The number of amides is 2. The maximum Gasteiger partial charge on any atom is 0.435 e. The molecule has 178 valence electrons. The van der Waals surface area contributed by atoms with E-state index in [1.165, 1.54) is 25.4 Å². The smallest absolute Gasteiger partial charge is 0.435 e. The zero-order valence-electron chi connectivity index (χ0n) is 18.8. The Kier molecular flexibility index (Phi) is 7.00. The summed E-state index contributed by atoms with van der Waals surface area (Å²) < 4.78 is 46.3. The number of carbonyl (C=O) groups excluding carboxylic acids is 1. The Balaban J connectivity index is 1.73. The van der Waals surface area contributed by atoms with E-state index in [1.54, 1.807) is 20.8 Å². The van der Waals surface area contributed by atoms with E-state index in [-0.39, 0.29) is 29.4 Å². The van der Waals surface area contributed by atoms with Gasteiger partial charge in [-0.25, -0.2) is 9.78 Å². The molecule has 3 rings (SSSR count). The summed E-state index contributed by atoms with van der Waals surface area (Å²) in [6, 6.07) is 4.27. The second-order valence-electron chi connectivity index (χ2n) is 7.27. The van der Waals surface area contributed by atoms with Crippen molar-refractivity contribution < 1.29 is 22.7 Å². The third-order valence-electron chi connectivity index (χ3n) is 4.69. The van der Waals surface area contributed by atoms with Crippen LogP contribution in [0.4, 0.5) is 23.7 Å². The van der Waals surface area contributed by atoms with E-state index in [4.69, 9.17) is 10.00 Å². The molecule has 0 saturated carbocycles. The van der Waals surface area contributed by atoms with Crippen molar-refractivity contribution in [2.24, 2.45) is 7.05 Å². The van der Waals surface area contributed by atoms with Gasteiger partial charge in [-0.1, -0.05) is 0 Å². The van der Waals surface area contributed by atoms with Crippen molar-refractivity contribution in [1.82, 2.24) is 30.3 Å². The highest BCUT2D eigenvalue weighted by Gasteiger charge is 2.38. The third-order valence-corrected chi connectivity index (χ3v) is 4.69. The molecule has 3 aromatic heterocycles. The minimum atomic E-state index is -4.64. The second kappa shape index (κ2) is 9.74. The van der Waals surface area contributed by atoms with Crippen molar-refractivity contribution in [2.45, 2.75) is 33.5 Å². The summed E-state index contributed by atoms with van der Waals surface area (Å²) in [6.07, 6.45) is -3.41. The number of nitriles is 1. The molecule has 34 heavy (non-hydrogen) atoms. The van der Waals surface area contributed by atoms with E-state index < -0.39 is 17.9 Å². The molecule has 2 amide bonds. The average molecular weight is 474 g/mol. The van der Waals surface area contributed by atoms with E-state index >= 15 is 0 Å². The SMILES string of the molecule is CCOc1nc(C#N)cc(NC(=O)NCc2cc(C)c(-c3cn(C)nc3C(F)(F)F)nn2)c1C. The number of aromatic nitrogens is 5. The minimum Gasteiger partial charge on any atom is -0.478 e. The molecule has 2 N–H and O–H groups in total. The Hall–Kier alpha value is -4.21. The fraction of sp³-hybridized carbons (Fsp3) is 0.333. The van der Waals surface area contributed by atoms with Crippen LogP contribution in [0.15, 0.2) is 18.3 Å². The highest BCUT2D eigenvalue weighted by molar-refractivity contribution is 5.90. The Morgan fingerprint density at radius 2 is 2.00 bits per heavy atom. The van der Waals surface area contributed by atoms with E-state index in [9.17, 15) is 18.0 Å². The Morgan fingerprint density at radius 1 is 1.26 bits per heavy atom. The number of alkyl halides is 3. The number of ether oxygens (including phenoxy) is 1. The molecule has 0 aromatic carbocycles. The number of hydrogen-bond acceptors (Lipinski definition) is 7. The fourth-order valence-corrected chi connectivity index (χ4v) is 3.15. The zero-order valence-corrected chi connectivity index (χ0v) is 18.8. The number of carbonyl (C=O) groups is 1. The van der Waals surface area contributed by atoms with E-state index in [0.717, 1.165) is 4.68 Å². The van der Waals surface area contributed by atoms with Crippen LogP contribution in [0.3, 0.4) is 0 Å². The number of anilines is 1. The van der Waals surface area contributed by atoms with Gasteiger partial charge in [0.1, 0.15) is 11.8 Å². The molecule has 0 atom stereocenters. The summed E-state index contributed by atoms with van der Waals surface area (Å²) >= 11 is 0. The van der Waals surface area contributed by atoms with Crippen molar-refractivity contribution >= 4 is 11.7 Å². The molecule has 0 unspecified atom stereocenters. The van der Waals surface area contributed by atoms with Gasteiger partial charge in [0.2, 0.25) is 5.88 Å². The molecule has 0 aliphatic carbocycles. The monoisotopic (exact) mass is 474 g/mol. The number of rotatable bonds is 6. The fourth-order valence-electron chi connectivity index (χ4n) is 3.15. The van der Waals surface area contributed by atoms with Gasteiger partial charge in [0, 0.05) is 18.8 Å². The molecule has 3 aromatic rings. The van der Waals surface area contributed by atoms with Crippen molar-refractivity contribution in [2.75, 3.05) is 11.9 Å². The predicted molar refractivity (Wildman–Crippen MR) is 115 cm³/mol. The first-order valence-electron chi connectivity index (χ1n) is 10.1. The highest BCUT2D eigenvalue weighted by atomic mass is 19.4. The maximum absolute atomic E-state index is 13.3. The zero-order chi connectivity index (χ0) is 25.0. The lowest BCUT2D eigenvalue weighted by Gasteiger charge is -2.13. The second-order valence-corrected chi connectivity index (χ2v) is 7.27. The van der Waals surface area contributed by atoms with Gasteiger partial charge in [0.15, 0.2) is 5.69 Å². The highest BCUT2D eigenvalue weighted by Crippen LogP contribution is 2.36. The first-order valence-corrected chi connectivity index (χ1v) is 10.1. The van der Waals surface area contributed by atoms with Crippen molar-refractivity contribution in [3.8, 4) is 23.2 Å². The van der Waals surface area contributed by atoms with Crippen molar-refractivity contribution in [3.63, 3.8) is 0 Å². The normalized spacial score (nSPS) is 11.1. The maximum atomic E-state index is 13.3. The Labute approximate surface area is 192 Å². The van der Waals surface area contributed by atoms with Crippen LogP contribution in [0.5, 0.6) is 5.88 Å². The van der Waals surface area contributed by atoms with Gasteiger partial charge < -0.3 is 15.4 Å². The lowest BCUT2D eigenvalue weighted by atomic mass is 10.1. The van der Waals surface area contributed by atoms with Gasteiger partial charge in [-0.05, 0) is 38.5 Å². The number of nitrogens with one attached hydrogen (secondary N) is 2. The molecule has 0 aliphatic rings. The van der Waals surface area contributed by atoms with Crippen LogP contribution >= 0.6 is 0 Å². The Bertz CT molecular complexity index is 1260. The topological polar surface area (TPSA) is 131 Å². The summed E-state index contributed by atoms with van der Waals surface area (Å²) in [5.74, 6) is 0.238. The molecule has 0 fully saturated rings. The number of pyridine rings is 1. The lowest BCUT2D eigenvalue weighted by Crippen LogP contribution is -2.29. The van der Waals surface area contributed by atoms with Crippen LogP contribution in [0.25, 0.3) is 11.3 Å². The van der Waals surface area contributed by atoms with E-state index in [0.29, 0.717) is 29.1 Å². The first-order chi connectivity index (χ1) is 16.0. The quantitative estimate of drug-likeness (QED) is 0.559. The first kappa shape index (κ1) is 24.4. The summed E-state index contributed by atoms with van der Waals surface area (Å²) in [5.41, 5.74) is 0.582. The molecular weight excluding hydrogens is 453 g/mol. The van der Waals surface area contributed by atoms with E-state index in [2.05, 4.69) is 30.9 Å². The molecular formula is C21H21F3N8O2. The summed E-state index contributed by atoms with van der Waals surface area (Å²) in [6.45, 7) is 5.36. The molecule has 0 saturated heterocycles. The van der Waals surface area contributed by atoms with Gasteiger partial charge in [0.05, 0.1) is 35.8 Å². The number of aryl methyl sites for hydroxylation is 2. The van der Waals surface area contributed by atoms with Gasteiger partial charge in [-0.3, -0.25) is 4.68 Å². The molecule has 0 spiro atoms. The molecule has 13 heteroatoms. The predicted octanol–water partition coefficient (Wildman–Crippen LogP) is 3.50. The summed E-state index contributed by atoms with van der Waals surface area (Å²) in [7, 11) is 1.39. The number of urea groups is 1. The molecule has 0 aliphatic heterocycles. The molecule has 0 bridgehead atoms. The largest absolute Gasteiger partial charge is 0.478 e. The lowest BCUT2D eigenvalue weighted by molar-refractivity contribution is -0.141. The summed E-state index contributed by atoms with van der Waals surface area (Å²) in [5, 5.41) is 25.7. The standard InChI is InChI=1S/C21H21F3N8O2/c1-5-34-19-12(3)16(7-13(8-25)27-19)28-20(33)26-9-14-6-11(2)17(30-29-14)15-10-32(4)31-18(15)21(22,23)24/h6-7,10H,5,9H2,1-4H3,(H2,26,27,28,33). The minimum absolute atomic E-state index is 0.0350. The van der Waals surface area contributed by atoms with Gasteiger partial charge in [0.25, 0.3) is 0 Å². The Morgan fingerprint density at radius 3 is 2.62 bits per heavy atom. The van der Waals surface area contributed by atoms with Crippen LogP contribution in [-0.2, 0) is 19.8 Å². The number of nitrogens with zero attached hydrogens (tertiary/aromatic N) is 6. The van der Waals surface area contributed by atoms with Crippen LogP contribution < -0.4 is 15.4 Å². The summed E-state index contributed by atoms with van der Waals surface area (Å²) in [4.78, 5) is 16.4. The third kappa shape index (κ3) is 5.40. The van der Waals surface area contributed by atoms with Crippen LogP contribution in [0.2, 0.25) is 0 Å².